The number of nitrogens with zero attached hydrogens (tertiary/aromatic N) is 2. The van der Waals surface area contributed by atoms with Crippen LogP contribution in [-0.4, -0.2) is 28.0 Å². The van der Waals surface area contributed by atoms with Crippen molar-refractivity contribution in [3.8, 4) is 11.1 Å². The Labute approximate surface area is 198 Å². The highest BCUT2D eigenvalue weighted by Crippen LogP contribution is 2.31. The number of carbonyl (C=O) groups is 2. The lowest BCUT2D eigenvalue weighted by molar-refractivity contribution is -0.118. The zero-order chi connectivity index (χ0) is 23.5. The number of aromatic nitrogens is 2. The van der Waals surface area contributed by atoms with Crippen LogP contribution in [0.2, 0.25) is 5.02 Å². The minimum Gasteiger partial charge on any atom is -0.462 e. The summed E-state index contributed by atoms with van der Waals surface area (Å²) < 4.78 is 6.27. The van der Waals surface area contributed by atoms with Crippen LogP contribution in [0, 0.1) is 0 Å². The van der Waals surface area contributed by atoms with Crippen molar-refractivity contribution in [2.24, 2.45) is 0 Å². The lowest BCUT2D eigenvalue weighted by atomic mass is 10.1. The summed E-state index contributed by atoms with van der Waals surface area (Å²) in [6, 6.07) is 12.8. The van der Waals surface area contributed by atoms with Crippen LogP contribution in [0.5, 0.6) is 0 Å². The van der Waals surface area contributed by atoms with E-state index in [1.165, 1.54) is 22.2 Å². The molecule has 4 rings (SSSR count). The highest BCUT2D eigenvalue weighted by molar-refractivity contribution is 7.17. The number of carbonyl (C=O) groups excluding carboxylic acids is 2. The summed E-state index contributed by atoms with van der Waals surface area (Å²) in [5.74, 6) is -0.813. The number of benzene rings is 2. The number of rotatable bonds is 6. The first-order valence-electron chi connectivity index (χ1n) is 10.2. The Kier molecular flexibility index (Phi) is 6.57. The van der Waals surface area contributed by atoms with Crippen molar-refractivity contribution in [3.63, 3.8) is 0 Å². The number of fused-ring (bicyclic) bond motifs is 1. The Morgan fingerprint density at radius 2 is 1.85 bits per heavy atom. The van der Waals surface area contributed by atoms with Gasteiger partial charge in [0.25, 0.3) is 5.56 Å². The van der Waals surface area contributed by atoms with Crippen molar-refractivity contribution in [2.45, 2.75) is 19.9 Å². The average Bonchev–Trinajstić information content (AvgIpc) is 3.25. The molecule has 168 valence electrons. The summed E-state index contributed by atoms with van der Waals surface area (Å²) in [6.45, 7) is 3.65. The zero-order valence-corrected chi connectivity index (χ0v) is 19.4. The summed E-state index contributed by atoms with van der Waals surface area (Å²) >= 11 is 7.36. The summed E-state index contributed by atoms with van der Waals surface area (Å²) in [7, 11) is 0. The Morgan fingerprint density at radius 3 is 2.52 bits per heavy atom. The Morgan fingerprint density at radius 1 is 1.15 bits per heavy atom. The van der Waals surface area contributed by atoms with Gasteiger partial charge in [-0.15, -0.1) is 11.3 Å². The third kappa shape index (κ3) is 4.67. The second-order valence-electron chi connectivity index (χ2n) is 7.26. The van der Waals surface area contributed by atoms with Gasteiger partial charge in [0.05, 0.1) is 23.9 Å². The van der Waals surface area contributed by atoms with Crippen molar-refractivity contribution in [2.75, 3.05) is 11.9 Å². The first-order chi connectivity index (χ1) is 15.9. The molecule has 7 nitrogen and oxygen atoms in total. The van der Waals surface area contributed by atoms with Gasteiger partial charge >= 0.3 is 5.97 Å². The topological polar surface area (TPSA) is 90.3 Å². The molecular formula is C24H20ClN3O4S. The van der Waals surface area contributed by atoms with Crippen LogP contribution in [0.3, 0.4) is 0 Å². The largest absolute Gasteiger partial charge is 0.462 e. The molecule has 0 bridgehead atoms. The van der Waals surface area contributed by atoms with Gasteiger partial charge in [-0.2, -0.15) is 0 Å². The van der Waals surface area contributed by atoms with E-state index in [9.17, 15) is 14.4 Å². The second-order valence-corrected chi connectivity index (χ2v) is 8.55. The van der Waals surface area contributed by atoms with E-state index in [1.807, 2.05) is 17.5 Å². The highest BCUT2D eigenvalue weighted by Gasteiger charge is 2.20. The molecular weight excluding hydrogens is 462 g/mol. The molecule has 33 heavy (non-hydrogen) atoms. The van der Waals surface area contributed by atoms with E-state index < -0.39 is 12.0 Å². The molecule has 0 radical (unpaired) electrons. The molecule has 0 aliphatic carbocycles. The molecule has 0 saturated heterocycles. The summed E-state index contributed by atoms with van der Waals surface area (Å²) in [6.07, 6.45) is 1.39. The zero-order valence-electron chi connectivity index (χ0n) is 17.9. The van der Waals surface area contributed by atoms with Crippen LogP contribution in [-0.2, 0) is 9.53 Å². The van der Waals surface area contributed by atoms with E-state index in [0.717, 1.165) is 11.1 Å². The molecule has 0 saturated carbocycles. The molecule has 0 spiro atoms. The van der Waals surface area contributed by atoms with Gasteiger partial charge in [-0.25, -0.2) is 9.78 Å². The molecule has 9 heteroatoms. The van der Waals surface area contributed by atoms with Gasteiger partial charge < -0.3 is 10.1 Å². The molecule has 2 aromatic carbocycles. The molecule has 1 N–H and O–H groups in total. The number of amides is 1. The number of esters is 1. The quantitative estimate of drug-likeness (QED) is 0.384. The van der Waals surface area contributed by atoms with Gasteiger partial charge in [-0.3, -0.25) is 14.2 Å². The van der Waals surface area contributed by atoms with Crippen molar-refractivity contribution >= 4 is 50.7 Å². The van der Waals surface area contributed by atoms with Crippen molar-refractivity contribution in [1.29, 1.82) is 0 Å². The molecule has 0 unspecified atom stereocenters. The van der Waals surface area contributed by atoms with E-state index in [0.29, 0.717) is 26.5 Å². The third-order valence-electron chi connectivity index (χ3n) is 5.13. The Bertz CT molecular complexity index is 1380. The Balaban J connectivity index is 1.59. The Hall–Kier alpha value is -3.49. The minimum atomic E-state index is -0.808. The summed E-state index contributed by atoms with van der Waals surface area (Å²) in [5.41, 5.74) is 2.19. The van der Waals surface area contributed by atoms with E-state index in [-0.39, 0.29) is 18.1 Å². The first kappa shape index (κ1) is 22.7. The number of thiophene rings is 1. The van der Waals surface area contributed by atoms with Crippen LogP contribution >= 0.6 is 22.9 Å². The number of anilines is 1. The fourth-order valence-electron chi connectivity index (χ4n) is 3.34. The molecule has 2 aromatic heterocycles. The third-order valence-corrected chi connectivity index (χ3v) is 6.27. The smallest absolute Gasteiger partial charge is 0.338 e. The monoisotopic (exact) mass is 481 g/mol. The van der Waals surface area contributed by atoms with Crippen molar-refractivity contribution < 1.29 is 14.3 Å². The number of nitrogens with one attached hydrogen (secondary N) is 1. The molecule has 4 aromatic rings. The standard InChI is InChI=1S/C24H20ClN3O4S/c1-3-32-24(31)16-6-10-18(11-7-16)27-21(29)14(2)28-13-26-22-20(23(28)30)19(12-33-22)15-4-8-17(25)9-5-15/h4-14H,3H2,1-2H3,(H,27,29)/t14-/m0/s1. The maximum absolute atomic E-state index is 13.3. The molecule has 2 heterocycles. The van der Waals surface area contributed by atoms with Crippen LogP contribution < -0.4 is 10.9 Å². The normalized spacial score (nSPS) is 11.8. The van der Waals surface area contributed by atoms with E-state index in [2.05, 4.69) is 10.3 Å². The van der Waals surface area contributed by atoms with E-state index in [1.54, 1.807) is 50.2 Å². The minimum absolute atomic E-state index is 0.284. The average molecular weight is 482 g/mol. The fourth-order valence-corrected chi connectivity index (χ4v) is 4.37. The second kappa shape index (κ2) is 9.56. The van der Waals surface area contributed by atoms with Crippen molar-refractivity contribution in [1.82, 2.24) is 9.55 Å². The maximum Gasteiger partial charge on any atom is 0.338 e. The first-order valence-corrected chi connectivity index (χ1v) is 11.5. The van der Waals surface area contributed by atoms with Crippen LogP contribution in [0.15, 0.2) is 65.0 Å². The van der Waals surface area contributed by atoms with Gasteiger partial charge in [0, 0.05) is 21.7 Å². The van der Waals surface area contributed by atoms with Crippen LogP contribution in [0.25, 0.3) is 21.3 Å². The number of hydrogen-bond donors (Lipinski definition) is 1. The lowest BCUT2D eigenvalue weighted by Crippen LogP contribution is -2.31. The van der Waals surface area contributed by atoms with E-state index in [4.69, 9.17) is 16.3 Å². The summed E-state index contributed by atoms with van der Waals surface area (Å²) in [5, 5.41) is 5.71. The molecule has 1 atom stereocenters. The SMILES string of the molecule is CCOC(=O)c1ccc(NC(=O)[C@H](C)n2cnc3scc(-c4ccc(Cl)cc4)c3c2=O)cc1. The number of halogens is 1. The van der Waals surface area contributed by atoms with Gasteiger partial charge in [0.2, 0.25) is 5.91 Å². The summed E-state index contributed by atoms with van der Waals surface area (Å²) in [4.78, 5) is 42.9. The number of ether oxygens (including phenoxy) is 1. The fraction of sp³-hybridized carbons (Fsp3) is 0.167. The van der Waals surface area contributed by atoms with Gasteiger partial charge in [0.15, 0.2) is 0 Å². The van der Waals surface area contributed by atoms with Crippen molar-refractivity contribution in [3.05, 3.63) is 81.2 Å². The maximum atomic E-state index is 13.3. The van der Waals surface area contributed by atoms with Crippen LogP contribution in [0.1, 0.15) is 30.2 Å². The molecule has 1 amide bonds. The van der Waals surface area contributed by atoms with Gasteiger partial charge in [0.1, 0.15) is 10.9 Å². The van der Waals surface area contributed by atoms with E-state index >= 15 is 0 Å². The predicted molar refractivity (Wildman–Crippen MR) is 130 cm³/mol. The number of hydrogen-bond acceptors (Lipinski definition) is 6. The molecule has 0 aliphatic rings. The van der Waals surface area contributed by atoms with Crippen LogP contribution in [0.4, 0.5) is 5.69 Å². The van der Waals surface area contributed by atoms with Gasteiger partial charge in [-0.1, -0.05) is 23.7 Å². The lowest BCUT2D eigenvalue weighted by Gasteiger charge is -2.15. The molecule has 0 aliphatic heterocycles. The predicted octanol–water partition coefficient (Wildman–Crippen LogP) is 5.15. The van der Waals surface area contributed by atoms with Gasteiger partial charge in [-0.05, 0) is 55.8 Å². The molecule has 0 fully saturated rings. The highest BCUT2D eigenvalue weighted by atomic mass is 35.5.